The minimum atomic E-state index is -0.323. The zero-order valence-corrected chi connectivity index (χ0v) is 13.5. The van der Waals surface area contributed by atoms with Crippen LogP contribution in [0.4, 0.5) is 0 Å². The molecule has 6 rings (SSSR count). The van der Waals surface area contributed by atoms with E-state index in [4.69, 9.17) is 0 Å². The van der Waals surface area contributed by atoms with Crippen molar-refractivity contribution in [2.24, 2.45) is 35.5 Å². The lowest BCUT2D eigenvalue weighted by molar-refractivity contribution is -0.124. The fraction of sp³-hybridized carbons (Fsp3) is 0.364. The Morgan fingerprint density at radius 3 is 2.29 bits per heavy atom. The van der Waals surface area contributed by atoms with Gasteiger partial charge >= 0.3 is 0 Å². The second kappa shape index (κ2) is 3.88. The van der Waals surface area contributed by atoms with E-state index in [1.807, 2.05) is 49.4 Å². The third kappa shape index (κ3) is 1.21. The van der Waals surface area contributed by atoms with E-state index in [-0.39, 0.29) is 29.0 Å². The Bertz CT molecular complexity index is 897. The van der Waals surface area contributed by atoms with Crippen molar-refractivity contribution in [1.82, 2.24) is 0 Å². The summed E-state index contributed by atoms with van der Waals surface area (Å²) < 4.78 is 0. The lowest BCUT2D eigenvalue weighted by Gasteiger charge is -2.27. The molecule has 0 spiro atoms. The molecule has 0 radical (unpaired) electrons. The van der Waals surface area contributed by atoms with E-state index in [1.165, 1.54) is 5.56 Å². The Balaban J connectivity index is 1.42. The zero-order chi connectivity index (χ0) is 16.2. The highest BCUT2D eigenvalue weighted by molar-refractivity contribution is 6.10. The van der Waals surface area contributed by atoms with Gasteiger partial charge in [0.15, 0.2) is 5.78 Å². The van der Waals surface area contributed by atoms with Gasteiger partial charge in [-0.15, -0.1) is 0 Å². The average Bonchev–Trinajstić information content (AvgIpc) is 3.45. The zero-order valence-electron chi connectivity index (χ0n) is 13.5. The Morgan fingerprint density at radius 1 is 0.917 bits per heavy atom. The van der Waals surface area contributed by atoms with Crippen LogP contribution in [-0.4, -0.2) is 11.6 Å². The molecule has 2 aromatic carbocycles. The third-order valence-corrected chi connectivity index (χ3v) is 7.28. The van der Waals surface area contributed by atoms with Gasteiger partial charge < -0.3 is 0 Å². The van der Waals surface area contributed by atoms with Gasteiger partial charge in [0.2, 0.25) is 0 Å². The number of fused-ring (bicyclic) bond motifs is 2. The number of benzene rings is 2. The molecule has 0 N–H and O–H groups in total. The van der Waals surface area contributed by atoms with Crippen molar-refractivity contribution in [1.29, 1.82) is 0 Å². The number of aryl methyl sites for hydroxylation is 1. The van der Waals surface area contributed by atoms with Gasteiger partial charge in [-0.2, -0.15) is 0 Å². The highest BCUT2D eigenvalue weighted by atomic mass is 16.1. The van der Waals surface area contributed by atoms with Crippen LogP contribution in [0, 0.1) is 42.4 Å². The first kappa shape index (κ1) is 13.1. The lowest BCUT2D eigenvalue weighted by Crippen LogP contribution is -2.36. The van der Waals surface area contributed by atoms with E-state index in [0.29, 0.717) is 23.5 Å². The standard InChI is InChI=1S/C22H18O2/c1-11-7-9-12(10-8-11)20(23)17-14-15-16(14)21(24)22(18(15)19(17)22)13-5-3-2-4-6-13/h2-10,14-19H,1H3/t14-,15-,16-,17+,18-,19-,22-/m0/s1. The fourth-order valence-electron chi connectivity index (χ4n) is 6.46. The number of ketones is 2. The largest absolute Gasteiger partial charge is 0.298 e. The molecule has 4 aliphatic carbocycles. The van der Waals surface area contributed by atoms with Crippen LogP contribution in [0.2, 0.25) is 0 Å². The quantitative estimate of drug-likeness (QED) is 0.813. The van der Waals surface area contributed by atoms with Gasteiger partial charge in [0.05, 0.1) is 5.41 Å². The van der Waals surface area contributed by atoms with Crippen molar-refractivity contribution in [3.8, 4) is 0 Å². The molecule has 0 aliphatic heterocycles. The number of hydrogen-bond donors (Lipinski definition) is 0. The van der Waals surface area contributed by atoms with Crippen molar-refractivity contribution < 1.29 is 9.59 Å². The van der Waals surface area contributed by atoms with Crippen LogP contribution in [0.1, 0.15) is 21.5 Å². The second-order valence-corrected chi connectivity index (χ2v) is 8.09. The SMILES string of the molecule is Cc1ccc(C(=O)[C@@H]2[C@@H]3[C@@H]4C(=O)[C@]5(c6ccccc6)[C@@H]2[C@@H]5[C@H]43)cc1. The monoisotopic (exact) mass is 314 g/mol. The normalized spacial score (nSPS) is 42.8. The number of Topliss-reactive ketones (excluding diaryl/α,β-unsaturated/α-hetero) is 2. The Kier molecular flexibility index (Phi) is 2.12. The molecule has 118 valence electrons. The van der Waals surface area contributed by atoms with Gasteiger partial charge in [-0.25, -0.2) is 0 Å². The fourth-order valence-corrected chi connectivity index (χ4v) is 6.46. The van der Waals surface area contributed by atoms with E-state index in [0.717, 1.165) is 11.1 Å². The molecular formula is C22H18O2. The first-order valence-corrected chi connectivity index (χ1v) is 8.88. The average molecular weight is 314 g/mol. The van der Waals surface area contributed by atoms with E-state index in [9.17, 15) is 9.59 Å². The van der Waals surface area contributed by atoms with Gasteiger partial charge in [0, 0.05) is 17.4 Å². The summed E-state index contributed by atoms with van der Waals surface area (Å²) in [5.74, 6) is 2.44. The maximum Gasteiger partial charge on any atom is 0.166 e. The summed E-state index contributed by atoms with van der Waals surface area (Å²) in [6.45, 7) is 2.04. The molecule has 2 nitrogen and oxygen atoms in total. The van der Waals surface area contributed by atoms with Gasteiger partial charge in [-0.1, -0.05) is 60.2 Å². The van der Waals surface area contributed by atoms with E-state index in [2.05, 4.69) is 12.1 Å². The maximum atomic E-state index is 13.2. The summed E-state index contributed by atoms with van der Waals surface area (Å²) in [5, 5.41) is 0. The number of rotatable bonds is 3. The van der Waals surface area contributed by atoms with Gasteiger partial charge in [-0.3, -0.25) is 9.59 Å². The highest BCUT2D eigenvalue weighted by Gasteiger charge is 2.95. The molecule has 4 aliphatic rings. The number of hydrogen-bond acceptors (Lipinski definition) is 2. The lowest BCUT2D eigenvalue weighted by atomic mass is 9.74. The van der Waals surface area contributed by atoms with Crippen LogP contribution in [0.3, 0.4) is 0 Å². The van der Waals surface area contributed by atoms with Crippen molar-refractivity contribution in [3.05, 3.63) is 71.3 Å². The maximum absolute atomic E-state index is 13.2. The number of carbonyl (C=O) groups is 2. The summed E-state index contributed by atoms with van der Waals surface area (Å²) in [6, 6.07) is 18.1. The molecule has 0 saturated heterocycles. The van der Waals surface area contributed by atoms with Crippen LogP contribution >= 0.6 is 0 Å². The van der Waals surface area contributed by atoms with Gasteiger partial charge in [-0.05, 0) is 36.2 Å². The first-order valence-electron chi connectivity index (χ1n) is 8.88. The molecule has 2 heteroatoms. The van der Waals surface area contributed by atoms with Crippen molar-refractivity contribution in [2.45, 2.75) is 12.3 Å². The predicted molar refractivity (Wildman–Crippen MR) is 89.6 cm³/mol. The smallest absolute Gasteiger partial charge is 0.166 e. The molecule has 24 heavy (non-hydrogen) atoms. The summed E-state index contributed by atoms with van der Waals surface area (Å²) in [7, 11) is 0. The summed E-state index contributed by atoms with van der Waals surface area (Å²) in [5.41, 5.74) is 2.82. The Labute approximate surface area is 140 Å². The van der Waals surface area contributed by atoms with E-state index in [1.54, 1.807) is 0 Å². The first-order chi connectivity index (χ1) is 11.7. The van der Waals surface area contributed by atoms with Crippen LogP contribution < -0.4 is 0 Å². The molecule has 4 saturated carbocycles. The van der Waals surface area contributed by atoms with E-state index < -0.39 is 0 Å². The van der Waals surface area contributed by atoms with Crippen LogP contribution in [0.15, 0.2) is 54.6 Å². The molecule has 4 fully saturated rings. The molecule has 0 aromatic heterocycles. The molecule has 0 unspecified atom stereocenters. The minimum absolute atomic E-state index is 0.0608. The minimum Gasteiger partial charge on any atom is -0.298 e. The highest BCUT2D eigenvalue weighted by Crippen LogP contribution is 2.90. The summed E-state index contributed by atoms with van der Waals surface area (Å²) >= 11 is 0. The van der Waals surface area contributed by atoms with Gasteiger partial charge in [0.1, 0.15) is 5.78 Å². The number of carbonyl (C=O) groups excluding carboxylic acids is 2. The van der Waals surface area contributed by atoms with Crippen LogP contribution in [0.25, 0.3) is 0 Å². The third-order valence-electron chi connectivity index (χ3n) is 7.28. The molecule has 0 heterocycles. The predicted octanol–water partition coefficient (Wildman–Crippen LogP) is 3.44. The molecule has 7 atom stereocenters. The van der Waals surface area contributed by atoms with Crippen molar-refractivity contribution in [3.63, 3.8) is 0 Å². The van der Waals surface area contributed by atoms with E-state index >= 15 is 0 Å². The van der Waals surface area contributed by atoms with Crippen molar-refractivity contribution in [2.75, 3.05) is 0 Å². The Hall–Kier alpha value is -2.22. The van der Waals surface area contributed by atoms with Gasteiger partial charge in [0.25, 0.3) is 0 Å². The summed E-state index contributed by atoms with van der Waals surface area (Å²) in [4.78, 5) is 26.2. The van der Waals surface area contributed by atoms with Crippen molar-refractivity contribution >= 4 is 11.6 Å². The van der Waals surface area contributed by atoms with Crippen LogP contribution in [-0.2, 0) is 10.2 Å². The molecule has 0 bridgehead atoms. The Morgan fingerprint density at radius 2 is 1.62 bits per heavy atom. The second-order valence-electron chi connectivity index (χ2n) is 8.09. The molecule has 0 amide bonds. The van der Waals surface area contributed by atoms with Crippen LogP contribution in [0.5, 0.6) is 0 Å². The summed E-state index contributed by atoms with van der Waals surface area (Å²) in [6.07, 6.45) is 0. The molecule has 2 aromatic rings. The molecular weight excluding hydrogens is 296 g/mol. The topological polar surface area (TPSA) is 34.1 Å².